The van der Waals surface area contributed by atoms with Crippen molar-refractivity contribution in [3.8, 4) is 0 Å². The van der Waals surface area contributed by atoms with Crippen molar-refractivity contribution >= 4 is 51.9 Å². The van der Waals surface area contributed by atoms with E-state index in [2.05, 4.69) is 0 Å². The minimum absolute atomic E-state index is 0. The average Bonchev–Trinajstić information content (AvgIpc) is 1.76. The van der Waals surface area contributed by atoms with Gasteiger partial charge in [-0.1, -0.05) is 0 Å². The van der Waals surface area contributed by atoms with Crippen molar-refractivity contribution in [1.82, 2.24) is 0 Å². The van der Waals surface area contributed by atoms with Crippen molar-refractivity contribution in [2.45, 2.75) is 0 Å². The summed E-state index contributed by atoms with van der Waals surface area (Å²) >= 11 is 0. The molecular formula is C4H4O12Pb-4. The van der Waals surface area contributed by atoms with Crippen molar-refractivity contribution < 1.29 is 60.0 Å². The molecule has 0 unspecified atom stereocenters. The van der Waals surface area contributed by atoms with E-state index >= 15 is 0 Å². The molecule has 0 atom stereocenters. The Hall–Kier alpha value is -2.00. The molecule has 0 heterocycles. The van der Waals surface area contributed by atoms with Crippen LogP contribution in [0.3, 0.4) is 0 Å². The van der Waals surface area contributed by atoms with Crippen LogP contribution in [0.25, 0.3) is 0 Å². The smallest absolute Gasteiger partial charge is 0.249 e. The summed E-state index contributed by atoms with van der Waals surface area (Å²) in [5.74, 6) is 0. The fraction of sp³-hybridized carbons (Fsp3) is 0. The maximum Gasteiger partial charge on any atom is 0.249 e. The molecule has 0 fully saturated rings. The van der Waals surface area contributed by atoms with Crippen molar-refractivity contribution in [3.63, 3.8) is 0 Å². The Morgan fingerprint density at radius 2 is 0.529 bits per heavy atom. The molecule has 0 amide bonds. The van der Waals surface area contributed by atoms with Gasteiger partial charge in [0.15, 0.2) is 0 Å². The third-order valence-electron chi connectivity index (χ3n) is 0. The number of hydrogen-bond acceptors (Lipinski definition) is 8. The minimum Gasteiger partial charge on any atom is -0.565 e. The third kappa shape index (κ3) is 505. The van der Waals surface area contributed by atoms with Crippen molar-refractivity contribution in [3.05, 3.63) is 0 Å². The normalized spacial score (nSPS) is 5.65. The minimum atomic E-state index is -2.08. The summed E-state index contributed by atoms with van der Waals surface area (Å²) in [4.78, 5) is 33.8. The molecule has 17 heavy (non-hydrogen) atoms. The largest absolute Gasteiger partial charge is 0.565 e. The number of carboxylic acid groups (broad SMARTS) is 8. The second kappa shape index (κ2) is 23.7. The summed E-state index contributed by atoms with van der Waals surface area (Å²) in [7, 11) is 0. The van der Waals surface area contributed by atoms with Gasteiger partial charge in [-0.3, -0.25) is 0 Å². The van der Waals surface area contributed by atoms with E-state index in [0.29, 0.717) is 0 Å². The van der Waals surface area contributed by atoms with Gasteiger partial charge < -0.3 is 60.0 Å². The Kier molecular flexibility index (Phi) is 40.9. The van der Waals surface area contributed by atoms with Crippen LogP contribution >= 0.6 is 0 Å². The summed E-state index contributed by atoms with van der Waals surface area (Å²) in [6, 6.07) is 0. The molecule has 0 aromatic heterocycles. The zero-order chi connectivity index (χ0) is 14.3. The SMILES string of the molecule is O=C([O-])O.O=C([O-])O.O=C([O-])O.O=C([O-])O.[Pb]. The molecule has 13 heteroatoms. The Morgan fingerprint density at radius 1 is 0.529 bits per heavy atom. The van der Waals surface area contributed by atoms with Gasteiger partial charge in [-0.15, -0.1) is 0 Å². The Morgan fingerprint density at radius 3 is 0.529 bits per heavy atom. The molecule has 0 rings (SSSR count). The third-order valence-corrected chi connectivity index (χ3v) is 0. The molecule has 0 saturated heterocycles. The van der Waals surface area contributed by atoms with Gasteiger partial charge in [0.25, 0.3) is 0 Å². The van der Waals surface area contributed by atoms with Gasteiger partial charge >= 0.3 is 0 Å². The molecule has 4 N–H and O–H groups in total. The van der Waals surface area contributed by atoms with Crippen molar-refractivity contribution in [2.75, 3.05) is 0 Å². The van der Waals surface area contributed by atoms with Crippen LogP contribution in [0.2, 0.25) is 0 Å². The fourth-order valence-corrected chi connectivity index (χ4v) is 0. The molecule has 0 aliphatic heterocycles. The first-order valence-corrected chi connectivity index (χ1v) is 2.53. The van der Waals surface area contributed by atoms with E-state index in [-0.39, 0.29) is 27.3 Å². The van der Waals surface area contributed by atoms with Crippen molar-refractivity contribution in [1.29, 1.82) is 0 Å². The van der Waals surface area contributed by atoms with Crippen LogP contribution in [0.4, 0.5) is 19.2 Å². The van der Waals surface area contributed by atoms with E-state index in [1.54, 1.807) is 0 Å². The van der Waals surface area contributed by atoms with Crippen LogP contribution in [0.5, 0.6) is 0 Å². The number of hydrogen-bond donors (Lipinski definition) is 4. The molecular weight excluding hydrogens is 447 g/mol. The van der Waals surface area contributed by atoms with Crippen LogP contribution < -0.4 is 20.4 Å². The molecule has 4 radical (unpaired) electrons. The molecule has 0 aromatic carbocycles. The maximum absolute atomic E-state index is 8.44. The topological polar surface area (TPSA) is 241 Å². The average molecular weight is 451 g/mol. The van der Waals surface area contributed by atoms with Crippen LogP contribution in [0.15, 0.2) is 0 Å². The van der Waals surface area contributed by atoms with Gasteiger partial charge in [0, 0.05) is 27.3 Å². The second-order valence-electron chi connectivity index (χ2n) is 1.06. The van der Waals surface area contributed by atoms with E-state index in [9.17, 15) is 0 Å². The van der Waals surface area contributed by atoms with Crippen LogP contribution in [0.1, 0.15) is 0 Å². The molecule has 0 aliphatic rings. The summed E-state index contributed by atoms with van der Waals surface area (Å²) in [6.45, 7) is 0. The predicted octanol–water partition coefficient (Wildman–Crippen LogP) is -4.83. The van der Waals surface area contributed by atoms with E-state index in [1.807, 2.05) is 0 Å². The molecule has 0 saturated carbocycles. The molecule has 12 nitrogen and oxygen atoms in total. The zero-order valence-electron chi connectivity index (χ0n) is 7.55. The summed E-state index contributed by atoms with van der Waals surface area (Å²) in [5.41, 5.74) is 0. The van der Waals surface area contributed by atoms with Crippen LogP contribution in [0, 0.1) is 0 Å². The maximum atomic E-state index is 8.44. The van der Waals surface area contributed by atoms with Gasteiger partial charge in [0.2, 0.25) is 24.6 Å². The van der Waals surface area contributed by atoms with Gasteiger partial charge in [-0.05, 0) is 0 Å². The second-order valence-corrected chi connectivity index (χ2v) is 1.06. The Labute approximate surface area is 112 Å². The Bertz CT molecular complexity index is 159. The zero-order valence-corrected chi connectivity index (χ0v) is 11.4. The summed E-state index contributed by atoms with van der Waals surface area (Å²) in [6.07, 6.45) is -8.33. The molecule has 0 aliphatic carbocycles. The van der Waals surface area contributed by atoms with Crippen LogP contribution in [-0.4, -0.2) is 72.3 Å². The van der Waals surface area contributed by atoms with E-state index in [1.165, 1.54) is 0 Å². The predicted molar refractivity (Wildman–Crippen MR) is 37.9 cm³/mol. The molecule has 0 spiro atoms. The standard InChI is InChI=1S/4CH2O3.Pb/c4*2-1(3)4;/h4*(H2,2,3,4);/p-4. The number of rotatable bonds is 0. The van der Waals surface area contributed by atoms with Gasteiger partial charge in [0.1, 0.15) is 0 Å². The first-order valence-electron chi connectivity index (χ1n) is 2.53. The summed E-state index contributed by atoms with van der Waals surface area (Å²) < 4.78 is 0. The first kappa shape index (κ1) is 29.4. The molecule has 100 valence electrons. The van der Waals surface area contributed by atoms with Gasteiger partial charge in [0.05, 0.1) is 0 Å². The van der Waals surface area contributed by atoms with Crippen molar-refractivity contribution in [2.24, 2.45) is 0 Å². The fourth-order valence-electron chi connectivity index (χ4n) is 0. The van der Waals surface area contributed by atoms with E-state index in [0.717, 1.165) is 0 Å². The van der Waals surface area contributed by atoms with E-state index in [4.69, 9.17) is 60.0 Å². The monoisotopic (exact) mass is 452 g/mol. The van der Waals surface area contributed by atoms with E-state index < -0.39 is 24.6 Å². The first-order chi connectivity index (χ1) is 6.93. The van der Waals surface area contributed by atoms with Gasteiger partial charge in [-0.25, -0.2) is 0 Å². The molecule has 0 bridgehead atoms. The van der Waals surface area contributed by atoms with Crippen LogP contribution in [-0.2, 0) is 0 Å². The molecule has 0 aromatic rings. The Balaban J connectivity index is -0.0000000369. The summed E-state index contributed by atoms with van der Waals surface area (Å²) in [5, 5.41) is 61.2. The number of carbonyl (C=O) groups is 4. The van der Waals surface area contributed by atoms with Gasteiger partial charge in [-0.2, -0.15) is 0 Å². The quantitative estimate of drug-likeness (QED) is 0.254.